The highest BCUT2D eigenvalue weighted by Gasteiger charge is 2.14. The Labute approximate surface area is 95.8 Å². The van der Waals surface area contributed by atoms with Crippen LogP contribution in [0.4, 0.5) is 0 Å². The van der Waals surface area contributed by atoms with Crippen molar-refractivity contribution in [1.29, 1.82) is 0 Å². The smallest absolute Gasteiger partial charge is 0.203 e. The van der Waals surface area contributed by atoms with E-state index in [4.69, 9.17) is 19.3 Å². The molecule has 4 heteroatoms. The number of hydrogen-bond donors (Lipinski definition) is 1. The predicted octanol–water partition coefficient (Wildman–Crippen LogP) is 1.64. The van der Waals surface area contributed by atoms with Crippen molar-refractivity contribution < 1.29 is 19.3 Å². The summed E-state index contributed by atoms with van der Waals surface area (Å²) in [6.07, 6.45) is 1.45. The lowest BCUT2D eigenvalue weighted by Gasteiger charge is -2.15. The van der Waals surface area contributed by atoms with Crippen LogP contribution in [-0.2, 0) is 6.42 Å². The first-order chi connectivity index (χ1) is 7.78. The number of aliphatic hydroxyl groups excluding tert-OH is 1. The van der Waals surface area contributed by atoms with Crippen LogP contribution in [0.1, 0.15) is 12.0 Å². The fraction of sp³-hybridized carbons (Fsp3) is 0.500. The van der Waals surface area contributed by atoms with Gasteiger partial charge >= 0.3 is 0 Å². The number of rotatable bonds is 6. The number of aliphatic hydroxyl groups is 1. The topological polar surface area (TPSA) is 47.9 Å². The molecular weight excluding hydrogens is 208 g/mol. The molecule has 4 nitrogen and oxygen atoms in total. The Hall–Kier alpha value is -1.42. The lowest BCUT2D eigenvalue weighted by atomic mass is 10.1. The highest BCUT2D eigenvalue weighted by Crippen LogP contribution is 2.40. The summed E-state index contributed by atoms with van der Waals surface area (Å²) in [5.41, 5.74) is 1.01. The summed E-state index contributed by atoms with van der Waals surface area (Å²) in [6, 6.07) is 3.77. The highest BCUT2D eigenvalue weighted by atomic mass is 16.5. The largest absolute Gasteiger partial charge is 0.493 e. The fourth-order valence-electron chi connectivity index (χ4n) is 1.63. The molecule has 1 rings (SSSR count). The molecule has 0 spiro atoms. The monoisotopic (exact) mass is 226 g/mol. The van der Waals surface area contributed by atoms with E-state index in [1.54, 1.807) is 21.3 Å². The molecule has 0 aliphatic rings. The molecule has 0 bridgehead atoms. The van der Waals surface area contributed by atoms with Gasteiger partial charge in [-0.2, -0.15) is 0 Å². The normalized spacial score (nSPS) is 10.0. The third-order valence-corrected chi connectivity index (χ3v) is 2.39. The van der Waals surface area contributed by atoms with Gasteiger partial charge in [-0.1, -0.05) is 6.07 Å². The summed E-state index contributed by atoms with van der Waals surface area (Å²) >= 11 is 0. The van der Waals surface area contributed by atoms with Crippen LogP contribution in [0, 0.1) is 0 Å². The average molecular weight is 226 g/mol. The molecule has 1 aromatic carbocycles. The number of aryl methyl sites for hydroxylation is 1. The zero-order valence-electron chi connectivity index (χ0n) is 9.95. The van der Waals surface area contributed by atoms with Gasteiger partial charge in [0.15, 0.2) is 11.5 Å². The molecule has 0 amide bonds. The maximum atomic E-state index is 8.82. The summed E-state index contributed by atoms with van der Waals surface area (Å²) < 4.78 is 15.8. The zero-order valence-corrected chi connectivity index (χ0v) is 9.95. The van der Waals surface area contributed by atoms with E-state index < -0.39 is 0 Å². The molecule has 0 fully saturated rings. The molecular formula is C12H18O4. The van der Waals surface area contributed by atoms with Gasteiger partial charge in [-0.05, 0) is 24.5 Å². The van der Waals surface area contributed by atoms with E-state index in [9.17, 15) is 0 Å². The van der Waals surface area contributed by atoms with Crippen LogP contribution in [0.15, 0.2) is 12.1 Å². The van der Waals surface area contributed by atoms with Gasteiger partial charge in [0, 0.05) is 6.61 Å². The third-order valence-electron chi connectivity index (χ3n) is 2.39. The molecule has 0 atom stereocenters. The van der Waals surface area contributed by atoms with E-state index >= 15 is 0 Å². The Balaban J connectivity index is 3.10. The van der Waals surface area contributed by atoms with Gasteiger partial charge < -0.3 is 19.3 Å². The van der Waals surface area contributed by atoms with Crippen LogP contribution < -0.4 is 14.2 Å². The lowest BCUT2D eigenvalue weighted by Crippen LogP contribution is -1.99. The molecule has 0 saturated carbocycles. The van der Waals surface area contributed by atoms with Gasteiger partial charge in [0.2, 0.25) is 5.75 Å². The van der Waals surface area contributed by atoms with Crippen molar-refractivity contribution in [2.45, 2.75) is 12.8 Å². The van der Waals surface area contributed by atoms with Crippen LogP contribution in [-0.4, -0.2) is 33.0 Å². The van der Waals surface area contributed by atoms with E-state index in [0.29, 0.717) is 23.7 Å². The first kappa shape index (κ1) is 12.6. The third kappa shape index (κ3) is 2.58. The summed E-state index contributed by atoms with van der Waals surface area (Å²) in [5, 5.41) is 8.82. The number of ether oxygens (including phenoxy) is 3. The Morgan fingerprint density at radius 3 is 2.19 bits per heavy atom. The van der Waals surface area contributed by atoms with Crippen molar-refractivity contribution in [1.82, 2.24) is 0 Å². The Kier molecular flexibility index (Phi) is 4.92. The second-order valence-corrected chi connectivity index (χ2v) is 3.32. The number of hydrogen-bond acceptors (Lipinski definition) is 4. The minimum absolute atomic E-state index is 0.164. The molecule has 1 N–H and O–H groups in total. The molecule has 0 radical (unpaired) electrons. The molecule has 90 valence electrons. The molecule has 0 aromatic heterocycles. The first-order valence-electron chi connectivity index (χ1n) is 5.17. The van der Waals surface area contributed by atoms with Crippen LogP contribution in [0.3, 0.4) is 0 Å². The minimum atomic E-state index is 0.164. The van der Waals surface area contributed by atoms with Crippen molar-refractivity contribution >= 4 is 0 Å². The van der Waals surface area contributed by atoms with Crippen molar-refractivity contribution in [2.24, 2.45) is 0 Å². The van der Waals surface area contributed by atoms with Gasteiger partial charge in [0.25, 0.3) is 0 Å². The van der Waals surface area contributed by atoms with Crippen molar-refractivity contribution in [3.63, 3.8) is 0 Å². The molecule has 0 heterocycles. The van der Waals surface area contributed by atoms with Gasteiger partial charge in [-0.15, -0.1) is 0 Å². The SMILES string of the molecule is COc1ccc(CCCO)c(OC)c1OC. The van der Waals surface area contributed by atoms with Crippen LogP contribution >= 0.6 is 0 Å². The quantitative estimate of drug-likeness (QED) is 0.801. The predicted molar refractivity (Wildman–Crippen MR) is 61.5 cm³/mol. The Morgan fingerprint density at radius 1 is 1.00 bits per heavy atom. The van der Waals surface area contributed by atoms with E-state index in [-0.39, 0.29) is 6.61 Å². The molecule has 1 aromatic rings. The maximum Gasteiger partial charge on any atom is 0.203 e. The van der Waals surface area contributed by atoms with E-state index in [1.165, 1.54) is 0 Å². The second-order valence-electron chi connectivity index (χ2n) is 3.32. The van der Waals surface area contributed by atoms with Crippen LogP contribution in [0.5, 0.6) is 17.2 Å². The van der Waals surface area contributed by atoms with E-state index in [1.807, 2.05) is 12.1 Å². The van der Waals surface area contributed by atoms with Crippen molar-refractivity contribution in [3.8, 4) is 17.2 Å². The first-order valence-corrected chi connectivity index (χ1v) is 5.17. The summed E-state index contributed by atoms with van der Waals surface area (Å²) in [6.45, 7) is 0.164. The standard InChI is InChI=1S/C12H18O4/c1-14-10-7-6-9(5-4-8-13)11(15-2)12(10)16-3/h6-7,13H,4-5,8H2,1-3H3. The molecule has 16 heavy (non-hydrogen) atoms. The second kappa shape index (κ2) is 6.23. The molecule has 0 unspecified atom stereocenters. The van der Waals surface area contributed by atoms with Crippen LogP contribution in [0.25, 0.3) is 0 Å². The average Bonchev–Trinajstić information content (AvgIpc) is 2.34. The highest BCUT2D eigenvalue weighted by molar-refractivity contribution is 5.55. The van der Waals surface area contributed by atoms with Crippen LogP contribution in [0.2, 0.25) is 0 Å². The minimum Gasteiger partial charge on any atom is -0.493 e. The lowest BCUT2D eigenvalue weighted by molar-refractivity contribution is 0.286. The fourth-order valence-corrected chi connectivity index (χ4v) is 1.63. The van der Waals surface area contributed by atoms with E-state index in [2.05, 4.69) is 0 Å². The van der Waals surface area contributed by atoms with Gasteiger partial charge in [-0.3, -0.25) is 0 Å². The molecule has 0 saturated heterocycles. The zero-order chi connectivity index (χ0) is 12.0. The van der Waals surface area contributed by atoms with Crippen molar-refractivity contribution in [3.05, 3.63) is 17.7 Å². The Morgan fingerprint density at radius 2 is 1.69 bits per heavy atom. The van der Waals surface area contributed by atoms with Gasteiger partial charge in [0.1, 0.15) is 0 Å². The van der Waals surface area contributed by atoms with E-state index in [0.717, 1.165) is 12.0 Å². The number of benzene rings is 1. The number of methoxy groups -OCH3 is 3. The Bertz CT molecular complexity index is 336. The maximum absolute atomic E-state index is 8.82. The van der Waals surface area contributed by atoms with Crippen molar-refractivity contribution in [2.75, 3.05) is 27.9 Å². The van der Waals surface area contributed by atoms with Gasteiger partial charge in [-0.25, -0.2) is 0 Å². The molecule has 0 aliphatic carbocycles. The van der Waals surface area contributed by atoms with Gasteiger partial charge in [0.05, 0.1) is 21.3 Å². The summed E-state index contributed by atoms with van der Waals surface area (Å²) in [5.74, 6) is 1.92. The molecule has 0 aliphatic heterocycles. The summed E-state index contributed by atoms with van der Waals surface area (Å²) in [7, 11) is 4.76. The summed E-state index contributed by atoms with van der Waals surface area (Å²) in [4.78, 5) is 0.